The Balaban J connectivity index is 2.21. The first-order chi connectivity index (χ1) is 8.08. The number of hydrogen-bond acceptors (Lipinski definition) is 3. The maximum Gasteiger partial charge on any atom is 0.249 e. The van der Waals surface area contributed by atoms with Gasteiger partial charge in [0.05, 0.1) is 0 Å². The summed E-state index contributed by atoms with van der Waals surface area (Å²) in [6, 6.07) is 5.93. The Morgan fingerprint density at radius 3 is 2.47 bits per heavy atom. The zero-order valence-electron chi connectivity index (χ0n) is 10.4. The first-order valence-corrected chi connectivity index (χ1v) is 5.92. The number of carbonyl (C=O) groups excluding carboxylic acids is 1. The predicted molar refractivity (Wildman–Crippen MR) is 69.4 cm³/mol. The zero-order chi connectivity index (χ0) is 12.4. The van der Waals surface area contributed by atoms with E-state index < -0.39 is 0 Å². The summed E-state index contributed by atoms with van der Waals surface area (Å²) in [5.74, 6) is -0.349. The van der Waals surface area contributed by atoms with Crippen LogP contribution >= 0.6 is 0 Å². The highest BCUT2D eigenvalue weighted by Crippen LogP contribution is 2.20. The van der Waals surface area contributed by atoms with Crippen molar-refractivity contribution in [3.05, 3.63) is 29.3 Å². The highest BCUT2D eigenvalue weighted by Gasteiger charge is 2.15. The van der Waals surface area contributed by atoms with Gasteiger partial charge < -0.3 is 15.5 Å². The Morgan fingerprint density at radius 1 is 1.24 bits per heavy atom. The lowest BCUT2D eigenvalue weighted by molar-refractivity contribution is 0.0999. The SMILES string of the molecule is Cc1ccc(N2CCN(C)CC2)cc1C(N)=O. The number of nitrogens with two attached hydrogens (primary N) is 1. The molecule has 0 saturated carbocycles. The largest absolute Gasteiger partial charge is 0.369 e. The molecule has 1 aromatic carbocycles. The van der Waals surface area contributed by atoms with Crippen molar-refractivity contribution in [1.82, 2.24) is 4.90 Å². The number of primary amides is 1. The molecule has 1 fully saturated rings. The van der Waals surface area contributed by atoms with Gasteiger partial charge in [-0.25, -0.2) is 0 Å². The van der Waals surface area contributed by atoms with Crippen molar-refractivity contribution >= 4 is 11.6 Å². The number of aryl methyl sites for hydroxylation is 1. The molecule has 2 rings (SSSR count). The highest BCUT2D eigenvalue weighted by atomic mass is 16.1. The molecule has 2 N–H and O–H groups in total. The molecular weight excluding hydrogens is 214 g/mol. The summed E-state index contributed by atoms with van der Waals surface area (Å²) in [6.45, 7) is 6.02. The van der Waals surface area contributed by atoms with Crippen LogP contribution < -0.4 is 10.6 Å². The molecule has 0 unspecified atom stereocenters. The Morgan fingerprint density at radius 2 is 1.88 bits per heavy atom. The van der Waals surface area contributed by atoms with E-state index in [-0.39, 0.29) is 5.91 Å². The summed E-state index contributed by atoms with van der Waals surface area (Å²) in [6.07, 6.45) is 0. The van der Waals surface area contributed by atoms with E-state index in [4.69, 9.17) is 5.73 Å². The van der Waals surface area contributed by atoms with Gasteiger partial charge in [0.1, 0.15) is 0 Å². The lowest BCUT2D eigenvalue weighted by Gasteiger charge is -2.34. The van der Waals surface area contributed by atoms with Crippen LogP contribution in [0.4, 0.5) is 5.69 Å². The highest BCUT2D eigenvalue weighted by molar-refractivity contribution is 5.95. The van der Waals surface area contributed by atoms with Gasteiger partial charge in [-0.15, -0.1) is 0 Å². The van der Waals surface area contributed by atoms with Gasteiger partial charge >= 0.3 is 0 Å². The lowest BCUT2D eigenvalue weighted by atomic mass is 10.1. The van der Waals surface area contributed by atoms with E-state index in [2.05, 4.69) is 22.9 Å². The molecule has 0 atom stereocenters. The fourth-order valence-corrected chi connectivity index (χ4v) is 2.14. The Labute approximate surface area is 102 Å². The second-order valence-electron chi connectivity index (χ2n) is 4.65. The molecule has 1 heterocycles. The van der Waals surface area contributed by atoms with Crippen LogP contribution in [-0.4, -0.2) is 44.0 Å². The van der Waals surface area contributed by atoms with E-state index in [1.807, 2.05) is 19.1 Å². The fourth-order valence-electron chi connectivity index (χ4n) is 2.14. The summed E-state index contributed by atoms with van der Waals surface area (Å²) >= 11 is 0. The number of amides is 1. The molecule has 1 saturated heterocycles. The van der Waals surface area contributed by atoms with Crippen LogP contribution in [0.15, 0.2) is 18.2 Å². The minimum atomic E-state index is -0.349. The number of piperazine rings is 1. The van der Waals surface area contributed by atoms with Gasteiger partial charge in [0.2, 0.25) is 5.91 Å². The number of carbonyl (C=O) groups is 1. The van der Waals surface area contributed by atoms with Crippen LogP contribution in [-0.2, 0) is 0 Å². The summed E-state index contributed by atoms with van der Waals surface area (Å²) in [5.41, 5.74) is 8.03. The minimum absolute atomic E-state index is 0.349. The predicted octanol–water partition coefficient (Wildman–Crippen LogP) is 0.846. The standard InChI is InChI=1S/C13H19N3O/c1-10-3-4-11(9-12(10)13(14)17)16-7-5-15(2)6-8-16/h3-4,9H,5-8H2,1-2H3,(H2,14,17). The number of likely N-dealkylation sites (N-methyl/N-ethyl adjacent to an activating group) is 1. The molecular formula is C13H19N3O. The molecule has 4 heteroatoms. The van der Waals surface area contributed by atoms with Crippen molar-refractivity contribution in [2.24, 2.45) is 5.73 Å². The first kappa shape index (κ1) is 11.9. The third-order valence-electron chi connectivity index (χ3n) is 3.36. The van der Waals surface area contributed by atoms with Crippen molar-refractivity contribution in [2.45, 2.75) is 6.92 Å². The van der Waals surface area contributed by atoms with Gasteiger partial charge in [-0.05, 0) is 31.7 Å². The van der Waals surface area contributed by atoms with Crippen molar-refractivity contribution in [3.8, 4) is 0 Å². The monoisotopic (exact) mass is 233 g/mol. The van der Waals surface area contributed by atoms with E-state index in [1.165, 1.54) is 0 Å². The topological polar surface area (TPSA) is 49.6 Å². The molecule has 0 spiro atoms. The van der Waals surface area contributed by atoms with Gasteiger partial charge in [0, 0.05) is 37.4 Å². The van der Waals surface area contributed by atoms with Crippen LogP contribution in [0.1, 0.15) is 15.9 Å². The number of rotatable bonds is 2. The molecule has 0 aliphatic carbocycles. The average Bonchev–Trinajstić information content (AvgIpc) is 2.30. The molecule has 92 valence electrons. The first-order valence-electron chi connectivity index (χ1n) is 5.92. The normalized spacial score (nSPS) is 17.2. The van der Waals surface area contributed by atoms with Crippen molar-refractivity contribution in [2.75, 3.05) is 38.1 Å². The van der Waals surface area contributed by atoms with E-state index in [9.17, 15) is 4.79 Å². The summed E-state index contributed by atoms with van der Waals surface area (Å²) in [7, 11) is 2.13. The zero-order valence-corrected chi connectivity index (χ0v) is 10.4. The van der Waals surface area contributed by atoms with E-state index >= 15 is 0 Å². The van der Waals surface area contributed by atoms with Gasteiger partial charge in [0.25, 0.3) is 0 Å². The van der Waals surface area contributed by atoms with Crippen LogP contribution in [0, 0.1) is 6.92 Å². The molecule has 0 aromatic heterocycles. The maximum absolute atomic E-state index is 11.3. The van der Waals surface area contributed by atoms with Crippen LogP contribution in [0.3, 0.4) is 0 Å². The minimum Gasteiger partial charge on any atom is -0.369 e. The number of hydrogen-bond donors (Lipinski definition) is 1. The van der Waals surface area contributed by atoms with E-state index in [1.54, 1.807) is 0 Å². The average molecular weight is 233 g/mol. The lowest BCUT2D eigenvalue weighted by Crippen LogP contribution is -2.44. The van der Waals surface area contributed by atoms with Gasteiger partial charge in [-0.1, -0.05) is 6.07 Å². The Hall–Kier alpha value is -1.55. The number of nitrogens with zero attached hydrogens (tertiary/aromatic N) is 2. The van der Waals surface area contributed by atoms with E-state index in [0.717, 1.165) is 37.4 Å². The molecule has 17 heavy (non-hydrogen) atoms. The van der Waals surface area contributed by atoms with Crippen molar-refractivity contribution in [3.63, 3.8) is 0 Å². The molecule has 4 nitrogen and oxygen atoms in total. The third kappa shape index (κ3) is 2.58. The summed E-state index contributed by atoms with van der Waals surface area (Å²) in [4.78, 5) is 15.9. The van der Waals surface area contributed by atoms with Crippen LogP contribution in [0.2, 0.25) is 0 Å². The van der Waals surface area contributed by atoms with Crippen molar-refractivity contribution < 1.29 is 4.79 Å². The smallest absolute Gasteiger partial charge is 0.249 e. The van der Waals surface area contributed by atoms with Gasteiger partial charge in [-0.3, -0.25) is 4.79 Å². The summed E-state index contributed by atoms with van der Waals surface area (Å²) < 4.78 is 0. The second kappa shape index (κ2) is 4.75. The van der Waals surface area contributed by atoms with E-state index in [0.29, 0.717) is 5.56 Å². The van der Waals surface area contributed by atoms with Gasteiger partial charge in [-0.2, -0.15) is 0 Å². The van der Waals surface area contributed by atoms with Crippen LogP contribution in [0.25, 0.3) is 0 Å². The second-order valence-corrected chi connectivity index (χ2v) is 4.65. The van der Waals surface area contributed by atoms with Gasteiger partial charge in [0.15, 0.2) is 0 Å². The molecule has 0 radical (unpaired) electrons. The summed E-state index contributed by atoms with van der Waals surface area (Å²) in [5, 5.41) is 0. The fraction of sp³-hybridized carbons (Fsp3) is 0.462. The molecule has 1 aliphatic heterocycles. The molecule has 1 aromatic rings. The quantitative estimate of drug-likeness (QED) is 0.823. The van der Waals surface area contributed by atoms with Crippen molar-refractivity contribution in [1.29, 1.82) is 0 Å². The molecule has 0 bridgehead atoms. The van der Waals surface area contributed by atoms with Crippen LogP contribution in [0.5, 0.6) is 0 Å². The molecule has 1 aliphatic rings. The molecule has 1 amide bonds. The third-order valence-corrected chi connectivity index (χ3v) is 3.36. The Kier molecular flexibility index (Phi) is 3.33. The number of anilines is 1. The Bertz CT molecular complexity index is 423. The number of benzene rings is 1. The maximum atomic E-state index is 11.3.